The lowest BCUT2D eigenvalue weighted by molar-refractivity contribution is 0.0375. The molecular formula is C24H34N4O6. The van der Waals surface area contributed by atoms with Crippen LogP contribution < -0.4 is 24.8 Å². The van der Waals surface area contributed by atoms with Gasteiger partial charge in [-0.25, -0.2) is 0 Å². The van der Waals surface area contributed by atoms with Crippen molar-refractivity contribution in [3.63, 3.8) is 0 Å². The number of carbonyl (C=O) groups excluding carboxylic acids is 1. The third-order valence-electron chi connectivity index (χ3n) is 5.63. The number of rotatable bonds is 13. The zero-order valence-corrected chi connectivity index (χ0v) is 20.0. The van der Waals surface area contributed by atoms with E-state index in [1.165, 1.54) is 21.3 Å². The van der Waals surface area contributed by atoms with Crippen molar-refractivity contribution in [1.82, 2.24) is 15.2 Å². The maximum atomic E-state index is 13.2. The van der Waals surface area contributed by atoms with E-state index >= 15 is 0 Å². The third kappa shape index (κ3) is 6.57. The average molecular weight is 475 g/mol. The van der Waals surface area contributed by atoms with Crippen molar-refractivity contribution in [2.45, 2.75) is 12.6 Å². The molecule has 1 aliphatic rings. The average Bonchev–Trinajstić information content (AvgIpc) is 2.88. The zero-order chi connectivity index (χ0) is 24.3. The summed E-state index contributed by atoms with van der Waals surface area (Å²) in [6.45, 7) is 5.21. The van der Waals surface area contributed by atoms with Gasteiger partial charge in [-0.05, 0) is 31.6 Å². The number of pyridine rings is 1. The van der Waals surface area contributed by atoms with Gasteiger partial charge in [0.05, 0.1) is 46.8 Å². The smallest absolute Gasteiger partial charge is 0.205 e. The number of ether oxygens (including phenoxy) is 4. The van der Waals surface area contributed by atoms with E-state index in [1.807, 2.05) is 0 Å². The van der Waals surface area contributed by atoms with Crippen molar-refractivity contribution in [2.24, 2.45) is 0 Å². The normalized spacial score (nSPS) is 14.9. The van der Waals surface area contributed by atoms with Crippen LogP contribution in [0.25, 0.3) is 0 Å². The van der Waals surface area contributed by atoms with E-state index in [4.69, 9.17) is 18.9 Å². The first-order valence-corrected chi connectivity index (χ1v) is 11.3. The summed E-state index contributed by atoms with van der Waals surface area (Å²) in [6.07, 6.45) is 2.97. The zero-order valence-electron chi connectivity index (χ0n) is 20.0. The predicted octanol–water partition coefficient (Wildman–Crippen LogP) is 1.71. The lowest BCUT2D eigenvalue weighted by Crippen LogP contribution is -2.38. The van der Waals surface area contributed by atoms with Crippen LogP contribution in [0.1, 0.15) is 28.6 Å². The van der Waals surface area contributed by atoms with Gasteiger partial charge in [0.2, 0.25) is 5.75 Å². The summed E-state index contributed by atoms with van der Waals surface area (Å²) in [5.74, 6) is 0.768. The van der Waals surface area contributed by atoms with E-state index in [-0.39, 0.29) is 18.1 Å². The SMILES string of the molecule is COc1cc(C(=O)CNCCCN2CCOCC2)c(NC(O)c2cccnc2)c(OC)c1OC. The van der Waals surface area contributed by atoms with Gasteiger partial charge in [-0.15, -0.1) is 0 Å². The van der Waals surface area contributed by atoms with Crippen molar-refractivity contribution in [1.29, 1.82) is 0 Å². The molecule has 0 bridgehead atoms. The first-order valence-electron chi connectivity index (χ1n) is 11.3. The van der Waals surface area contributed by atoms with Crippen molar-refractivity contribution >= 4 is 11.5 Å². The van der Waals surface area contributed by atoms with Crippen molar-refractivity contribution in [3.8, 4) is 17.2 Å². The molecule has 3 N–H and O–H groups in total. The molecule has 3 rings (SSSR count). The Kier molecular flexibility index (Phi) is 9.89. The Hall–Kier alpha value is -2.92. The summed E-state index contributed by atoms with van der Waals surface area (Å²) in [5, 5.41) is 16.9. The first kappa shape index (κ1) is 25.7. The molecular weight excluding hydrogens is 440 g/mol. The van der Waals surface area contributed by atoms with E-state index in [2.05, 4.69) is 20.5 Å². The molecule has 1 fully saturated rings. The van der Waals surface area contributed by atoms with Gasteiger partial charge in [-0.3, -0.25) is 14.7 Å². The molecule has 0 radical (unpaired) electrons. The Morgan fingerprint density at radius 1 is 1.21 bits per heavy atom. The summed E-state index contributed by atoms with van der Waals surface area (Å²) in [4.78, 5) is 19.6. The minimum Gasteiger partial charge on any atom is -0.493 e. The Morgan fingerprint density at radius 2 is 1.97 bits per heavy atom. The molecule has 1 unspecified atom stereocenters. The number of aliphatic hydroxyl groups is 1. The number of carbonyl (C=O) groups is 1. The van der Waals surface area contributed by atoms with Gasteiger partial charge in [-0.2, -0.15) is 0 Å². The second-order valence-electron chi connectivity index (χ2n) is 7.81. The number of morpholine rings is 1. The maximum absolute atomic E-state index is 13.2. The molecule has 0 amide bonds. The molecule has 2 aromatic rings. The van der Waals surface area contributed by atoms with Gasteiger partial charge >= 0.3 is 0 Å². The van der Waals surface area contributed by atoms with Gasteiger partial charge in [0.15, 0.2) is 23.5 Å². The van der Waals surface area contributed by atoms with Crippen LogP contribution in [-0.4, -0.2) is 88.0 Å². The Labute approximate surface area is 200 Å². The number of methoxy groups -OCH3 is 3. The second kappa shape index (κ2) is 13.1. The maximum Gasteiger partial charge on any atom is 0.205 e. The summed E-state index contributed by atoms with van der Waals surface area (Å²) < 4.78 is 21.8. The quantitative estimate of drug-likeness (QED) is 0.225. The highest BCUT2D eigenvalue weighted by Crippen LogP contribution is 2.46. The van der Waals surface area contributed by atoms with Crippen LogP contribution in [0.15, 0.2) is 30.6 Å². The minimum atomic E-state index is -1.12. The van der Waals surface area contributed by atoms with Crippen LogP contribution in [0.2, 0.25) is 0 Å². The Bertz CT molecular complexity index is 921. The van der Waals surface area contributed by atoms with Crippen LogP contribution in [0.4, 0.5) is 5.69 Å². The number of nitrogens with zero attached hydrogens (tertiary/aromatic N) is 2. The molecule has 0 spiro atoms. The highest BCUT2D eigenvalue weighted by molar-refractivity contribution is 6.05. The van der Waals surface area contributed by atoms with Gasteiger partial charge in [0.1, 0.15) is 0 Å². The Balaban J connectivity index is 1.74. The molecule has 186 valence electrons. The number of nitrogens with one attached hydrogen (secondary N) is 2. The largest absolute Gasteiger partial charge is 0.493 e. The topological polar surface area (TPSA) is 114 Å². The number of benzene rings is 1. The van der Waals surface area contributed by atoms with Crippen LogP contribution in [-0.2, 0) is 4.74 Å². The third-order valence-corrected chi connectivity index (χ3v) is 5.63. The van der Waals surface area contributed by atoms with Crippen LogP contribution >= 0.6 is 0 Å². The summed E-state index contributed by atoms with van der Waals surface area (Å²) in [7, 11) is 4.45. The number of hydrogen-bond donors (Lipinski definition) is 3. The fraction of sp³-hybridized carbons (Fsp3) is 0.500. The molecule has 1 atom stereocenters. The molecule has 1 aliphatic heterocycles. The van der Waals surface area contributed by atoms with E-state index in [9.17, 15) is 9.90 Å². The number of anilines is 1. The molecule has 1 saturated heterocycles. The number of Topliss-reactive ketones (excluding diaryl/α,β-unsaturated/α-hetero) is 1. The lowest BCUT2D eigenvalue weighted by atomic mass is 10.0. The summed E-state index contributed by atoms with van der Waals surface area (Å²) in [6, 6.07) is 5.05. The number of hydrogen-bond acceptors (Lipinski definition) is 10. The predicted molar refractivity (Wildman–Crippen MR) is 128 cm³/mol. The standard InChI is InChI=1S/C24H34N4O6/c1-31-20-14-18(19(29)16-26-8-5-9-28-10-12-34-13-11-28)21(23(33-3)22(20)32-2)27-24(30)17-6-4-7-25-15-17/h4,6-7,14-15,24,26-27,30H,5,8-13,16H2,1-3H3. The monoisotopic (exact) mass is 474 g/mol. The van der Waals surface area contributed by atoms with E-state index in [0.717, 1.165) is 39.3 Å². The van der Waals surface area contributed by atoms with Crippen LogP contribution in [0, 0.1) is 0 Å². The molecule has 1 aromatic carbocycles. The first-order chi connectivity index (χ1) is 16.6. The van der Waals surface area contributed by atoms with Gasteiger partial charge in [-0.1, -0.05) is 6.07 Å². The van der Waals surface area contributed by atoms with Gasteiger partial charge in [0.25, 0.3) is 0 Å². The molecule has 10 heteroatoms. The van der Waals surface area contributed by atoms with Crippen molar-refractivity contribution in [3.05, 3.63) is 41.7 Å². The second-order valence-corrected chi connectivity index (χ2v) is 7.81. The molecule has 1 aromatic heterocycles. The highest BCUT2D eigenvalue weighted by atomic mass is 16.5. The Morgan fingerprint density at radius 3 is 2.62 bits per heavy atom. The van der Waals surface area contributed by atoms with Crippen LogP contribution in [0.3, 0.4) is 0 Å². The molecule has 34 heavy (non-hydrogen) atoms. The van der Waals surface area contributed by atoms with E-state index < -0.39 is 6.23 Å². The number of aliphatic hydroxyl groups excluding tert-OH is 1. The van der Waals surface area contributed by atoms with Crippen LogP contribution in [0.5, 0.6) is 17.2 Å². The summed E-state index contributed by atoms with van der Waals surface area (Å²) >= 11 is 0. The molecule has 10 nitrogen and oxygen atoms in total. The summed E-state index contributed by atoms with van der Waals surface area (Å²) in [5.41, 5.74) is 1.17. The van der Waals surface area contributed by atoms with Crippen molar-refractivity contribution in [2.75, 3.05) is 72.6 Å². The van der Waals surface area contributed by atoms with Gasteiger partial charge in [0, 0.05) is 36.6 Å². The van der Waals surface area contributed by atoms with E-state index in [1.54, 1.807) is 30.6 Å². The molecule has 2 heterocycles. The fourth-order valence-corrected chi connectivity index (χ4v) is 3.83. The molecule has 0 aliphatic carbocycles. The number of aromatic nitrogens is 1. The number of ketones is 1. The van der Waals surface area contributed by atoms with Crippen molar-refractivity contribution < 1.29 is 28.8 Å². The lowest BCUT2D eigenvalue weighted by Gasteiger charge is -2.26. The van der Waals surface area contributed by atoms with Gasteiger partial charge < -0.3 is 34.7 Å². The molecule has 0 saturated carbocycles. The minimum absolute atomic E-state index is 0.124. The van der Waals surface area contributed by atoms with E-state index in [0.29, 0.717) is 34.9 Å². The fourth-order valence-electron chi connectivity index (χ4n) is 3.83. The highest BCUT2D eigenvalue weighted by Gasteiger charge is 2.26.